The van der Waals surface area contributed by atoms with Crippen molar-refractivity contribution in [2.24, 2.45) is 0 Å². The maximum Gasteiger partial charge on any atom is 0.274 e. The fourth-order valence-corrected chi connectivity index (χ4v) is 2.36. The van der Waals surface area contributed by atoms with E-state index in [4.69, 9.17) is 5.26 Å². The van der Waals surface area contributed by atoms with Gasteiger partial charge in [-0.25, -0.2) is 9.97 Å². The van der Waals surface area contributed by atoms with Gasteiger partial charge < -0.3 is 10.6 Å². The monoisotopic (exact) mass is 343 g/mol. The smallest absolute Gasteiger partial charge is 0.274 e. The number of rotatable bonds is 4. The molecule has 0 saturated heterocycles. The van der Waals surface area contributed by atoms with Crippen molar-refractivity contribution in [3.05, 3.63) is 77.1 Å². The number of nitrogens with one attached hydrogen (secondary N) is 2. The SMILES string of the molecule is Cc1ccc(NC(=O)c2ccnc(Nc3cccc(C#N)c3)n2)cc1C. The normalized spacial score (nSPS) is 10.0. The first-order valence-corrected chi connectivity index (χ1v) is 8.04. The number of amides is 1. The number of nitriles is 1. The summed E-state index contributed by atoms with van der Waals surface area (Å²) in [5.74, 6) is -0.0303. The van der Waals surface area contributed by atoms with Gasteiger partial charge in [-0.15, -0.1) is 0 Å². The van der Waals surface area contributed by atoms with Crippen molar-refractivity contribution < 1.29 is 4.79 Å². The first kappa shape index (κ1) is 17.1. The summed E-state index contributed by atoms with van der Waals surface area (Å²) >= 11 is 0. The fourth-order valence-electron chi connectivity index (χ4n) is 2.36. The third-order valence-electron chi connectivity index (χ3n) is 3.90. The molecule has 26 heavy (non-hydrogen) atoms. The van der Waals surface area contributed by atoms with Crippen molar-refractivity contribution in [3.8, 4) is 6.07 Å². The van der Waals surface area contributed by atoms with Crippen LogP contribution in [0.2, 0.25) is 0 Å². The third-order valence-corrected chi connectivity index (χ3v) is 3.90. The van der Waals surface area contributed by atoms with E-state index in [0.29, 0.717) is 16.9 Å². The average Bonchev–Trinajstić information content (AvgIpc) is 2.65. The van der Waals surface area contributed by atoms with Crippen LogP contribution in [0.3, 0.4) is 0 Å². The Morgan fingerprint density at radius 3 is 2.65 bits per heavy atom. The molecule has 2 N–H and O–H groups in total. The first-order valence-electron chi connectivity index (χ1n) is 8.04. The largest absolute Gasteiger partial charge is 0.324 e. The number of nitrogens with zero attached hydrogens (tertiary/aromatic N) is 3. The highest BCUT2D eigenvalue weighted by molar-refractivity contribution is 6.03. The molecular formula is C20H17N5O. The number of carbonyl (C=O) groups is 1. The van der Waals surface area contributed by atoms with Crippen LogP contribution in [-0.2, 0) is 0 Å². The van der Waals surface area contributed by atoms with Gasteiger partial charge in [-0.3, -0.25) is 4.79 Å². The van der Waals surface area contributed by atoms with Crippen molar-refractivity contribution in [1.82, 2.24) is 9.97 Å². The molecule has 2 aromatic carbocycles. The molecule has 0 radical (unpaired) electrons. The van der Waals surface area contributed by atoms with Crippen LogP contribution in [0.25, 0.3) is 0 Å². The fraction of sp³-hybridized carbons (Fsp3) is 0.100. The highest BCUT2D eigenvalue weighted by atomic mass is 16.1. The number of benzene rings is 2. The molecule has 0 spiro atoms. The minimum Gasteiger partial charge on any atom is -0.324 e. The van der Waals surface area contributed by atoms with Crippen LogP contribution in [0.15, 0.2) is 54.7 Å². The van der Waals surface area contributed by atoms with Crippen molar-refractivity contribution >= 4 is 23.2 Å². The predicted octanol–water partition coefficient (Wildman–Crippen LogP) is 3.96. The van der Waals surface area contributed by atoms with Crippen molar-refractivity contribution in [1.29, 1.82) is 5.26 Å². The van der Waals surface area contributed by atoms with Gasteiger partial charge in [0.15, 0.2) is 0 Å². The summed E-state index contributed by atoms with van der Waals surface area (Å²) in [7, 11) is 0. The zero-order valence-corrected chi connectivity index (χ0v) is 14.4. The van der Waals surface area contributed by atoms with Crippen molar-refractivity contribution in [2.75, 3.05) is 10.6 Å². The predicted molar refractivity (Wildman–Crippen MR) is 100 cm³/mol. The van der Waals surface area contributed by atoms with E-state index in [1.807, 2.05) is 32.0 Å². The van der Waals surface area contributed by atoms with E-state index < -0.39 is 0 Å². The standard InChI is InChI=1S/C20H17N5O/c1-13-6-7-17(10-14(13)2)23-19(26)18-8-9-22-20(25-18)24-16-5-3-4-15(11-16)12-21/h3-11H,1-2H3,(H,23,26)(H,22,24,25). The molecule has 0 saturated carbocycles. The molecule has 3 rings (SSSR count). The van der Waals surface area contributed by atoms with Gasteiger partial charge in [-0.2, -0.15) is 5.26 Å². The number of aromatic nitrogens is 2. The van der Waals surface area contributed by atoms with E-state index in [9.17, 15) is 4.79 Å². The van der Waals surface area contributed by atoms with E-state index in [0.717, 1.165) is 11.1 Å². The Morgan fingerprint density at radius 1 is 1.04 bits per heavy atom. The Hall–Kier alpha value is -3.72. The topological polar surface area (TPSA) is 90.7 Å². The molecule has 6 heteroatoms. The van der Waals surface area contributed by atoms with Gasteiger partial charge in [-0.05, 0) is 61.4 Å². The molecule has 0 bridgehead atoms. The molecule has 0 unspecified atom stereocenters. The highest BCUT2D eigenvalue weighted by Gasteiger charge is 2.10. The lowest BCUT2D eigenvalue weighted by molar-refractivity contribution is 0.102. The Kier molecular flexibility index (Phi) is 4.90. The van der Waals surface area contributed by atoms with E-state index in [2.05, 4.69) is 26.7 Å². The summed E-state index contributed by atoms with van der Waals surface area (Å²) in [5, 5.41) is 14.8. The van der Waals surface area contributed by atoms with E-state index in [1.54, 1.807) is 30.3 Å². The van der Waals surface area contributed by atoms with E-state index >= 15 is 0 Å². The number of anilines is 3. The lowest BCUT2D eigenvalue weighted by Gasteiger charge is -2.09. The van der Waals surface area contributed by atoms with Crippen LogP contribution in [-0.4, -0.2) is 15.9 Å². The molecule has 0 aliphatic heterocycles. The van der Waals surface area contributed by atoms with Crippen LogP contribution in [0.4, 0.5) is 17.3 Å². The summed E-state index contributed by atoms with van der Waals surface area (Å²) in [5.41, 5.74) is 4.43. The van der Waals surface area contributed by atoms with Crippen LogP contribution >= 0.6 is 0 Å². The maximum atomic E-state index is 12.4. The second-order valence-electron chi connectivity index (χ2n) is 5.84. The molecule has 3 aromatic rings. The zero-order chi connectivity index (χ0) is 18.5. The summed E-state index contributed by atoms with van der Waals surface area (Å²) in [6, 6.07) is 16.3. The van der Waals surface area contributed by atoms with Crippen LogP contribution in [0.5, 0.6) is 0 Å². The highest BCUT2D eigenvalue weighted by Crippen LogP contribution is 2.17. The molecule has 1 heterocycles. The van der Waals surface area contributed by atoms with Crippen LogP contribution < -0.4 is 10.6 Å². The Labute approximate surface area is 151 Å². The lowest BCUT2D eigenvalue weighted by atomic mass is 10.1. The van der Waals surface area contributed by atoms with E-state index in [-0.39, 0.29) is 17.5 Å². The quantitative estimate of drug-likeness (QED) is 0.748. The maximum absolute atomic E-state index is 12.4. The number of carbonyl (C=O) groups excluding carboxylic acids is 1. The minimum atomic E-state index is -0.315. The second kappa shape index (κ2) is 7.45. The van der Waals surface area contributed by atoms with Crippen molar-refractivity contribution in [2.45, 2.75) is 13.8 Å². The zero-order valence-electron chi connectivity index (χ0n) is 14.4. The van der Waals surface area contributed by atoms with Crippen LogP contribution in [0.1, 0.15) is 27.2 Å². The molecule has 1 amide bonds. The molecule has 0 atom stereocenters. The summed E-state index contributed by atoms with van der Waals surface area (Å²) < 4.78 is 0. The molecule has 128 valence electrons. The Bertz CT molecular complexity index is 1010. The number of hydrogen-bond donors (Lipinski definition) is 2. The van der Waals surface area contributed by atoms with Gasteiger partial charge in [0.05, 0.1) is 11.6 Å². The molecule has 6 nitrogen and oxygen atoms in total. The first-order chi connectivity index (χ1) is 12.5. The van der Waals surface area contributed by atoms with Crippen molar-refractivity contribution in [3.63, 3.8) is 0 Å². The Balaban J connectivity index is 1.76. The minimum absolute atomic E-state index is 0.247. The summed E-state index contributed by atoms with van der Waals surface area (Å²) in [6.07, 6.45) is 1.51. The van der Waals surface area contributed by atoms with Gasteiger partial charge >= 0.3 is 0 Å². The van der Waals surface area contributed by atoms with Gasteiger partial charge in [0, 0.05) is 17.6 Å². The average molecular weight is 343 g/mol. The molecule has 1 aromatic heterocycles. The second-order valence-corrected chi connectivity index (χ2v) is 5.84. The van der Waals surface area contributed by atoms with E-state index in [1.165, 1.54) is 6.20 Å². The molecule has 0 fully saturated rings. The summed E-state index contributed by atoms with van der Waals surface area (Å²) in [4.78, 5) is 20.8. The summed E-state index contributed by atoms with van der Waals surface area (Å²) in [6.45, 7) is 4.01. The molecule has 0 aliphatic rings. The van der Waals surface area contributed by atoms with Crippen LogP contribution in [0, 0.1) is 25.2 Å². The molecule has 0 aliphatic carbocycles. The molecular weight excluding hydrogens is 326 g/mol. The van der Waals surface area contributed by atoms with Gasteiger partial charge in [0.1, 0.15) is 5.69 Å². The third kappa shape index (κ3) is 4.02. The van der Waals surface area contributed by atoms with Gasteiger partial charge in [0.25, 0.3) is 5.91 Å². The van der Waals surface area contributed by atoms with Gasteiger partial charge in [0.2, 0.25) is 5.95 Å². The number of aryl methyl sites for hydroxylation is 2. The number of hydrogen-bond acceptors (Lipinski definition) is 5. The Morgan fingerprint density at radius 2 is 1.88 bits per heavy atom. The van der Waals surface area contributed by atoms with Gasteiger partial charge in [-0.1, -0.05) is 12.1 Å². The lowest BCUT2D eigenvalue weighted by Crippen LogP contribution is -2.15.